The Bertz CT molecular complexity index is 1000. The molecule has 0 N–H and O–H groups in total. The van der Waals surface area contributed by atoms with Crippen molar-refractivity contribution in [3.63, 3.8) is 0 Å². The summed E-state index contributed by atoms with van der Waals surface area (Å²) >= 11 is 11.9. The molecule has 0 aliphatic carbocycles. The normalized spacial score (nSPS) is 15.9. The molecule has 136 valence electrons. The highest BCUT2D eigenvalue weighted by Crippen LogP contribution is 2.35. The number of carbonyl (C=O) groups excluding carboxylic acids is 1. The molecule has 0 bridgehead atoms. The zero-order valence-electron chi connectivity index (χ0n) is 14.1. The van der Waals surface area contributed by atoms with Crippen LogP contribution in [0.2, 0.25) is 10.0 Å². The Labute approximate surface area is 162 Å². The van der Waals surface area contributed by atoms with Crippen molar-refractivity contribution in [3.05, 3.63) is 69.8 Å². The van der Waals surface area contributed by atoms with Gasteiger partial charge in [0, 0.05) is 41.5 Å². The van der Waals surface area contributed by atoms with Crippen LogP contribution in [0.1, 0.15) is 10.4 Å². The third-order valence-electron chi connectivity index (χ3n) is 3.89. The predicted molar refractivity (Wildman–Crippen MR) is 104 cm³/mol. The first-order chi connectivity index (χ1) is 12.2. The molecule has 2 aromatic carbocycles. The quantitative estimate of drug-likeness (QED) is 0.721. The number of ketones is 1. The molecule has 1 heterocycles. The summed E-state index contributed by atoms with van der Waals surface area (Å²) in [5.41, 5.74) is 0.932. The van der Waals surface area contributed by atoms with E-state index >= 15 is 0 Å². The zero-order valence-corrected chi connectivity index (χ0v) is 16.4. The van der Waals surface area contributed by atoms with Crippen LogP contribution in [-0.2, 0) is 10.0 Å². The van der Waals surface area contributed by atoms with Crippen LogP contribution >= 0.6 is 23.2 Å². The summed E-state index contributed by atoms with van der Waals surface area (Å²) < 4.78 is 27.6. The number of hydrogen-bond acceptors (Lipinski definition) is 4. The van der Waals surface area contributed by atoms with E-state index in [-0.39, 0.29) is 22.8 Å². The van der Waals surface area contributed by atoms with Crippen molar-refractivity contribution >= 4 is 44.7 Å². The number of halogens is 2. The SMILES string of the molecule is CN(C)/C=C1/CN(S(=O)(=O)c2ccc(Cl)cc2)c2ccc(Cl)cc2C1=O. The Hall–Kier alpha value is -2.02. The molecular formula is C18H16Cl2N2O3S. The van der Waals surface area contributed by atoms with E-state index in [1.807, 2.05) is 0 Å². The third kappa shape index (κ3) is 3.45. The van der Waals surface area contributed by atoms with E-state index in [1.165, 1.54) is 34.6 Å². The topological polar surface area (TPSA) is 57.7 Å². The zero-order chi connectivity index (χ0) is 19.1. The minimum absolute atomic E-state index is 0.0589. The fraction of sp³-hybridized carbons (Fsp3) is 0.167. The summed E-state index contributed by atoms with van der Waals surface area (Å²) in [5, 5.41) is 0.810. The summed E-state index contributed by atoms with van der Waals surface area (Å²) in [4.78, 5) is 14.6. The van der Waals surface area contributed by atoms with Gasteiger partial charge in [0.05, 0.1) is 17.1 Å². The van der Waals surface area contributed by atoms with Crippen molar-refractivity contribution in [2.75, 3.05) is 24.9 Å². The molecule has 0 saturated carbocycles. The van der Waals surface area contributed by atoms with E-state index in [0.717, 1.165) is 0 Å². The highest BCUT2D eigenvalue weighted by atomic mass is 35.5. The number of benzene rings is 2. The van der Waals surface area contributed by atoms with Gasteiger partial charge in [-0.05, 0) is 42.5 Å². The summed E-state index contributed by atoms with van der Waals surface area (Å²) in [6.07, 6.45) is 1.62. The smallest absolute Gasteiger partial charge is 0.264 e. The highest BCUT2D eigenvalue weighted by molar-refractivity contribution is 7.92. The van der Waals surface area contributed by atoms with Crippen molar-refractivity contribution in [3.8, 4) is 0 Å². The van der Waals surface area contributed by atoms with Gasteiger partial charge in [-0.1, -0.05) is 23.2 Å². The molecule has 0 amide bonds. The number of Topliss-reactive ketones (excluding diaryl/α,β-unsaturated/α-hetero) is 1. The summed E-state index contributed by atoms with van der Waals surface area (Å²) in [6.45, 7) is -0.0589. The van der Waals surface area contributed by atoms with Gasteiger partial charge in [0.1, 0.15) is 0 Å². The van der Waals surface area contributed by atoms with E-state index in [0.29, 0.717) is 21.3 Å². The standard InChI is InChI=1S/C18H16Cl2N2O3S/c1-21(2)10-12-11-22(17-8-5-14(20)9-16(17)18(12)23)26(24,25)15-6-3-13(19)4-7-15/h3-10H,11H2,1-2H3/b12-10-. The highest BCUT2D eigenvalue weighted by Gasteiger charge is 2.35. The maximum atomic E-state index is 13.2. The molecule has 5 nitrogen and oxygen atoms in total. The average Bonchev–Trinajstić information content (AvgIpc) is 2.57. The maximum absolute atomic E-state index is 13.2. The van der Waals surface area contributed by atoms with E-state index in [4.69, 9.17) is 23.2 Å². The monoisotopic (exact) mass is 410 g/mol. The minimum atomic E-state index is -3.88. The number of nitrogens with zero attached hydrogens (tertiary/aromatic N) is 2. The first-order valence-corrected chi connectivity index (χ1v) is 9.89. The second kappa shape index (κ2) is 6.95. The number of sulfonamides is 1. The van der Waals surface area contributed by atoms with Crippen molar-refractivity contribution in [2.24, 2.45) is 0 Å². The van der Waals surface area contributed by atoms with E-state index < -0.39 is 10.0 Å². The fourth-order valence-corrected chi connectivity index (χ4v) is 4.51. The van der Waals surface area contributed by atoms with Crippen LogP contribution in [0.3, 0.4) is 0 Å². The lowest BCUT2D eigenvalue weighted by Gasteiger charge is -2.31. The van der Waals surface area contributed by atoms with Crippen LogP contribution in [-0.4, -0.2) is 39.7 Å². The lowest BCUT2D eigenvalue weighted by Crippen LogP contribution is -2.39. The van der Waals surface area contributed by atoms with Crippen LogP contribution in [0.25, 0.3) is 0 Å². The Balaban J connectivity index is 2.18. The van der Waals surface area contributed by atoms with Gasteiger partial charge < -0.3 is 4.90 Å². The molecule has 3 rings (SSSR count). The van der Waals surface area contributed by atoms with Crippen molar-refractivity contribution in [1.82, 2.24) is 4.90 Å². The van der Waals surface area contributed by atoms with Gasteiger partial charge in [-0.3, -0.25) is 9.10 Å². The minimum Gasteiger partial charge on any atom is -0.383 e. The molecular weight excluding hydrogens is 395 g/mol. The van der Waals surface area contributed by atoms with E-state index in [9.17, 15) is 13.2 Å². The molecule has 1 aliphatic rings. The van der Waals surface area contributed by atoms with Gasteiger partial charge in [0.25, 0.3) is 10.0 Å². The molecule has 0 aromatic heterocycles. The molecule has 8 heteroatoms. The molecule has 0 unspecified atom stereocenters. The Morgan fingerprint density at radius 1 is 1.04 bits per heavy atom. The molecule has 1 aliphatic heterocycles. The molecule has 0 spiro atoms. The molecule has 0 radical (unpaired) electrons. The van der Waals surface area contributed by atoms with Crippen LogP contribution in [0.4, 0.5) is 5.69 Å². The first-order valence-electron chi connectivity index (χ1n) is 7.70. The molecule has 0 atom stereocenters. The predicted octanol–water partition coefficient (Wildman–Crippen LogP) is 3.83. The largest absolute Gasteiger partial charge is 0.383 e. The first kappa shape index (κ1) is 18.8. The van der Waals surface area contributed by atoms with Crippen molar-refractivity contribution in [2.45, 2.75) is 4.90 Å². The third-order valence-corrected chi connectivity index (χ3v) is 6.15. The lowest BCUT2D eigenvalue weighted by molar-refractivity contribution is 0.102. The van der Waals surface area contributed by atoms with Crippen LogP contribution in [0.5, 0.6) is 0 Å². The number of anilines is 1. The molecule has 26 heavy (non-hydrogen) atoms. The summed E-state index contributed by atoms with van der Waals surface area (Å²) in [5.74, 6) is -0.237. The van der Waals surface area contributed by atoms with Gasteiger partial charge in [-0.2, -0.15) is 0 Å². The second-order valence-electron chi connectivity index (χ2n) is 6.07. The Morgan fingerprint density at radius 2 is 1.65 bits per heavy atom. The van der Waals surface area contributed by atoms with Crippen LogP contribution in [0, 0.1) is 0 Å². The van der Waals surface area contributed by atoms with Gasteiger partial charge in [0.15, 0.2) is 5.78 Å². The van der Waals surface area contributed by atoms with Gasteiger partial charge >= 0.3 is 0 Å². The molecule has 0 fully saturated rings. The Kier molecular flexibility index (Phi) is 5.01. The molecule has 0 saturated heterocycles. The maximum Gasteiger partial charge on any atom is 0.264 e. The van der Waals surface area contributed by atoms with Gasteiger partial charge in [-0.25, -0.2) is 8.42 Å². The number of rotatable bonds is 3. The summed E-state index contributed by atoms with van der Waals surface area (Å²) in [6, 6.07) is 10.5. The summed E-state index contributed by atoms with van der Waals surface area (Å²) in [7, 11) is -0.338. The van der Waals surface area contributed by atoms with Crippen LogP contribution < -0.4 is 4.31 Å². The average molecular weight is 411 g/mol. The van der Waals surface area contributed by atoms with Crippen molar-refractivity contribution < 1.29 is 13.2 Å². The second-order valence-corrected chi connectivity index (χ2v) is 8.81. The number of fused-ring (bicyclic) bond motifs is 1. The van der Waals surface area contributed by atoms with E-state index in [2.05, 4.69) is 0 Å². The Morgan fingerprint density at radius 3 is 2.27 bits per heavy atom. The van der Waals surface area contributed by atoms with Gasteiger partial charge in [-0.15, -0.1) is 0 Å². The fourth-order valence-electron chi connectivity index (χ4n) is 2.75. The number of hydrogen-bond donors (Lipinski definition) is 0. The van der Waals surface area contributed by atoms with Crippen LogP contribution in [0.15, 0.2) is 59.1 Å². The van der Waals surface area contributed by atoms with Gasteiger partial charge in [0.2, 0.25) is 0 Å². The van der Waals surface area contributed by atoms with Crippen molar-refractivity contribution in [1.29, 1.82) is 0 Å². The van der Waals surface area contributed by atoms with E-state index in [1.54, 1.807) is 37.3 Å². The lowest BCUT2D eigenvalue weighted by atomic mass is 9.98. The molecule has 2 aromatic rings. The number of carbonyl (C=O) groups is 1.